The van der Waals surface area contributed by atoms with E-state index in [4.69, 9.17) is 22.1 Å². The Morgan fingerprint density at radius 2 is 1.45 bits per heavy atom. The van der Waals surface area contributed by atoms with Gasteiger partial charge < -0.3 is 10.5 Å². The Hall–Kier alpha value is -2.33. The molecule has 0 heterocycles. The minimum absolute atomic E-state index is 0.0245. The molecule has 152 valence electrons. The maximum atomic E-state index is 6.19. The zero-order valence-corrected chi connectivity index (χ0v) is 17.9. The van der Waals surface area contributed by atoms with E-state index in [9.17, 15) is 0 Å². The number of ether oxygens (including phenoxy) is 1. The molecule has 0 unspecified atom stereocenters. The minimum atomic E-state index is 0.0245. The molecule has 4 heteroatoms. The van der Waals surface area contributed by atoms with Crippen LogP contribution in [0.1, 0.15) is 25.0 Å². The molecule has 0 spiro atoms. The topological polar surface area (TPSA) is 38.5 Å². The van der Waals surface area contributed by atoms with Gasteiger partial charge in [-0.25, -0.2) is 0 Å². The van der Waals surface area contributed by atoms with Crippen LogP contribution in [-0.4, -0.2) is 18.0 Å². The second kappa shape index (κ2) is 9.93. The number of para-hydroxylation sites is 1. The van der Waals surface area contributed by atoms with Crippen molar-refractivity contribution in [1.82, 2.24) is 4.90 Å². The van der Waals surface area contributed by atoms with Gasteiger partial charge in [0.1, 0.15) is 11.5 Å². The molecule has 3 nitrogen and oxygen atoms in total. The van der Waals surface area contributed by atoms with Crippen LogP contribution in [0.15, 0.2) is 78.9 Å². The SMILES string of the molecule is CC(C)(CN)CN(Cc1cccc(Cl)c1)Cc1cccc(Oc2ccccc2)c1. The lowest BCUT2D eigenvalue weighted by Gasteiger charge is -2.32. The van der Waals surface area contributed by atoms with Gasteiger partial charge in [-0.3, -0.25) is 4.90 Å². The van der Waals surface area contributed by atoms with E-state index in [0.29, 0.717) is 6.54 Å². The Bertz CT molecular complexity index is 911. The standard InChI is InChI=1S/C25H29ClN2O/c1-25(2,18-27)19-28(16-20-8-6-10-22(26)14-20)17-21-9-7-13-24(15-21)29-23-11-4-3-5-12-23/h3-15H,16-19,27H2,1-2H3. The smallest absolute Gasteiger partial charge is 0.127 e. The maximum Gasteiger partial charge on any atom is 0.127 e. The number of rotatable bonds is 9. The van der Waals surface area contributed by atoms with Gasteiger partial charge in [-0.15, -0.1) is 0 Å². The molecule has 0 aliphatic rings. The molecule has 3 aromatic rings. The van der Waals surface area contributed by atoms with Gasteiger partial charge in [0, 0.05) is 24.7 Å². The first kappa shape index (κ1) is 21.4. The molecule has 3 aromatic carbocycles. The van der Waals surface area contributed by atoms with Crippen molar-refractivity contribution in [2.75, 3.05) is 13.1 Å². The normalized spacial score (nSPS) is 11.6. The summed E-state index contributed by atoms with van der Waals surface area (Å²) in [4.78, 5) is 2.42. The highest BCUT2D eigenvalue weighted by Crippen LogP contribution is 2.24. The van der Waals surface area contributed by atoms with Crippen molar-refractivity contribution in [3.8, 4) is 11.5 Å². The highest BCUT2D eigenvalue weighted by Gasteiger charge is 2.21. The van der Waals surface area contributed by atoms with Crippen LogP contribution in [-0.2, 0) is 13.1 Å². The van der Waals surface area contributed by atoms with Gasteiger partial charge in [0.2, 0.25) is 0 Å². The van der Waals surface area contributed by atoms with Gasteiger partial charge in [-0.2, -0.15) is 0 Å². The Morgan fingerprint density at radius 1 is 0.828 bits per heavy atom. The first-order valence-electron chi connectivity index (χ1n) is 9.92. The summed E-state index contributed by atoms with van der Waals surface area (Å²) in [5.74, 6) is 1.68. The Morgan fingerprint density at radius 3 is 2.10 bits per heavy atom. The number of halogens is 1. The summed E-state index contributed by atoms with van der Waals surface area (Å²) in [7, 11) is 0. The van der Waals surface area contributed by atoms with Crippen molar-refractivity contribution < 1.29 is 4.74 Å². The lowest BCUT2D eigenvalue weighted by atomic mass is 9.92. The van der Waals surface area contributed by atoms with E-state index in [1.807, 2.05) is 60.7 Å². The van der Waals surface area contributed by atoms with Gasteiger partial charge in [0.15, 0.2) is 0 Å². The second-order valence-electron chi connectivity index (χ2n) is 8.21. The van der Waals surface area contributed by atoms with Crippen molar-refractivity contribution in [2.45, 2.75) is 26.9 Å². The lowest BCUT2D eigenvalue weighted by molar-refractivity contribution is 0.168. The number of nitrogens with zero attached hydrogens (tertiary/aromatic N) is 1. The summed E-state index contributed by atoms with van der Waals surface area (Å²) >= 11 is 6.19. The molecule has 0 fully saturated rings. The van der Waals surface area contributed by atoms with E-state index in [1.54, 1.807) is 0 Å². The van der Waals surface area contributed by atoms with E-state index < -0.39 is 0 Å². The highest BCUT2D eigenvalue weighted by molar-refractivity contribution is 6.30. The third-order valence-electron chi connectivity index (χ3n) is 4.78. The number of hydrogen-bond acceptors (Lipinski definition) is 3. The van der Waals surface area contributed by atoms with E-state index in [2.05, 4.69) is 36.9 Å². The summed E-state index contributed by atoms with van der Waals surface area (Å²) < 4.78 is 6.00. The predicted molar refractivity (Wildman–Crippen MR) is 121 cm³/mol. The molecular weight excluding hydrogens is 380 g/mol. The highest BCUT2D eigenvalue weighted by atomic mass is 35.5. The van der Waals surface area contributed by atoms with Gasteiger partial charge >= 0.3 is 0 Å². The fraction of sp³-hybridized carbons (Fsp3) is 0.280. The summed E-state index contributed by atoms with van der Waals surface area (Å²) in [5, 5.41) is 0.763. The number of nitrogens with two attached hydrogens (primary N) is 1. The van der Waals surface area contributed by atoms with Crippen LogP contribution in [0.25, 0.3) is 0 Å². The molecule has 0 atom stereocenters. The molecule has 29 heavy (non-hydrogen) atoms. The monoisotopic (exact) mass is 408 g/mol. The molecule has 0 aliphatic carbocycles. The van der Waals surface area contributed by atoms with E-state index >= 15 is 0 Å². The summed E-state index contributed by atoms with van der Waals surface area (Å²) in [6, 6.07) is 26.2. The van der Waals surface area contributed by atoms with Crippen molar-refractivity contribution in [3.63, 3.8) is 0 Å². The quantitative estimate of drug-likeness (QED) is 0.463. The van der Waals surface area contributed by atoms with Crippen LogP contribution in [0.2, 0.25) is 5.02 Å². The zero-order chi connectivity index (χ0) is 20.7. The molecule has 0 bridgehead atoms. The van der Waals surface area contributed by atoms with E-state index in [-0.39, 0.29) is 5.41 Å². The van der Waals surface area contributed by atoms with Crippen LogP contribution in [0, 0.1) is 5.41 Å². The third kappa shape index (κ3) is 6.90. The largest absolute Gasteiger partial charge is 0.457 e. The van der Waals surface area contributed by atoms with Crippen LogP contribution in [0.4, 0.5) is 0 Å². The Balaban J connectivity index is 1.76. The molecule has 0 radical (unpaired) electrons. The summed E-state index contributed by atoms with van der Waals surface area (Å²) in [6.45, 7) is 7.55. The first-order chi connectivity index (χ1) is 13.9. The van der Waals surface area contributed by atoms with Gasteiger partial charge in [0.05, 0.1) is 0 Å². The van der Waals surface area contributed by atoms with Gasteiger partial charge in [0.25, 0.3) is 0 Å². The van der Waals surface area contributed by atoms with E-state index in [1.165, 1.54) is 11.1 Å². The van der Waals surface area contributed by atoms with Gasteiger partial charge in [-0.05, 0) is 59.5 Å². The fourth-order valence-corrected chi connectivity index (χ4v) is 3.53. The molecule has 0 saturated carbocycles. The van der Waals surface area contributed by atoms with Crippen molar-refractivity contribution in [1.29, 1.82) is 0 Å². The Labute approximate surface area is 179 Å². The minimum Gasteiger partial charge on any atom is -0.457 e. The first-order valence-corrected chi connectivity index (χ1v) is 10.3. The predicted octanol–water partition coefficient (Wildman–Crippen LogP) is 6.12. The van der Waals surface area contributed by atoms with Crippen molar-refractivity contribution in [3.05, 3.63) is 95.0 Å². The van der Waals surface area contributed by atoms with Crippen molar-refractivity contribution >= 4 is 11.6 Å². The molecule has 3 rings (SSSR count). The van der Waals surface area contributed by atoms with Crippen LogP contribution in [0.5, 0.6) is 11.5 Å². The molecule has 0 saturated heterocycles. The Kier molecular flexibility index (Phi) is 7.32. The van der Waals surface area contributed by atoms with Crippen LogP contribution in [0.3, 0.4) is 0 Å². The molecule has 0 amide bonds. The van der Waals surface area contributed by atoms with Crippen LogP contribution < -0.4 is 10.5 Å². The number of hydrogen-bond donors (Lipinski definition) is 1. The summed E-state index contributed by atoms with van der Waals surface area (Å²) in [6.07, 6.45) is 0. The average Bonchev–Trinajstić information content (AvgIpc) is 2.69. The molecule has 2 N–H and O–H groups in total. The summed E-state index contributed by atoms with van der Waals surface area (Å²) in [5.41, 5.74) is 8.43. The lowest BCUT2D eigenvalue weighted by Crippen LogP contribution is -2.38. The fourth-order valence-electron chi connectivity index (χ4n) is 3.32. The van der Waals surface area contributed by atoms with E-state index in [0.717, 1.165) is 36.2 Å². The maximum absolute atomic E-state index is 6.19. The zero-order valence-electron chi connectivity index (χ0n) is 17.1. The van der Waals surface area contributed by atoms with Crippen LogP contribution >= 0.6 is 11.6 Å². The molecular formula is C25H29ClN2O. The molecule has 0 aromatic heterocycles. The second-order valence-corrected chi connectivity index (χ2v) is 8.64. The third-order valence-corrected chi connectivity index (χ3v) is 5.02. The average molecular weight is 409 g/mol. The van der Waals surface area contributed by atoms with Gasteiger partial charge in [-0.1, -0.05) is 67.9 Å². The molecule has 0 aliphatic heterocycles. The van der Waals surface area contributed by atoms with Crippen molar-refractivity contribution in [2.24, 2.45) is 11.1 Å². The number of benzene rings is 3.